The summed E-state index contributed by atoms with van der Waals surface area (Å²) in [5.41, 5.74) is 1.36. The second-order valence-electron chi connectivity index (χ2n) is 3.34. The van der Waals surface area contributed by atoms with Crippen LogP contribution in [0.2, 0.25) is 0 Å². The highest BCUT2D eigenvalue weighted by Crippen LogP contribution is 2.23. The van der Waals surface area contributed by atoms with E-state index in [1.807, 2.05) is 0 Å². The van der Waals surface area contributed by atoms with E-state index in [2.05, 4.69) is 5.92 Å². The van der Waals surface area contributed by atoms with Crippen LogP contribution in [-0.4, -0.2) is 12.8 Å². The standard InChI is InChI=1S/C12H11F3O/c1-3-10-5-4-9(2)11(8-10)16-7-6-12(13,14)15/h1,4-5,8H,6-7H2,2H3. The number of halogens is 3. The Morgan fingerprint density at radius 3 is 2.62 bits per heavy atom. The summed E-state index contributed by atoms with van der Waals surface area (Å²) in [4.78, 5) is 0. The SMILES string of the molecule is C#Cc1ccc(C)c(OCCC(F)(F)F)c1. The maximum Gasteiger partial charge on any atom is 0.392 e. The lowest BCUT2D eigenvalue weighted by atomic mass is 10.1. The summed E-state index contributed by atoms with van der Waals surface area (Å²) < 4.78 is 40.7. The van der Waals surface area contributed by atoms with E-state index < -0.39 is 19.2 Å². The van der Waals surface area contributed by atoms with Crippen LogP contribution in [0.3, 0.4) is 0 Å². The molecule has 0 N–H and O–H groups in total. The van der Waals surface area contributed by atoms with Gasteiger partial charge in [-0.15, -0.1) is 6.42 Å². The van der Waals surface area contributed by atoms with Crippen molar-refractivity contribution in [2.45, 2.75) is 19.5 Å². The molecule has 0 aliphatic rings. The van der Waals surface area contributed by atoms with E-state index in [1.165, 1.54) is 0 Å². The topological polar surface area (TPSA) is 9.23 Å². The zero-order valence-corrected chi connectivity index (χ0v) is 8.77. The van der Waals surface area contributed by atoms with E-state index in [4.69, 9.17) is 11.2 Å². The van der Waals surface area contributed by atoms with Gasteiger partial charge in [0.05, 0.1) is 13.0 Å². The van der Waals surface area contributed by atoms with E-state index in [1.54, 1.807) is 25.1 Å². The predicted octanol–water partition coefficient (Wildman–Crippen LogP) is 3.31. The molecule has 0 aliphatic carbocycles. The molecule has 0 saturated carbocycles. The van der Waals surface area contributed by atoms with Gasteiger partial charge in [-0.05, 0) is 24.6 Å². The lowest BCUT2D eigenvalue weighted by molar-refractivity contribution is -0.139. The average molecular weight is 228 g/mol. The van der Waals surface area contributed by atoms with E-state index in [0.29, 0.717) is 11.3 Å². The zero-order chi connectivity index (χ0) is 12.2. The summed E-state index contributed by atoms with van der Waals surface area (Å²) in [5.74, 6) is 2.80. The highest BCUT2D eigenvalue weighted by molar-refractivity contribution is 5.43. The molecule has 4 heteroatoms. The molecule has 1 rings (SSSR count). The summed E-state index contributed by atoms with van der Waals surface area (Å²) in [6.07, 6.45) is 0.0188. The molecule has 86 valence electrons. The van der Waals surface area contributed by atoms with Crippen molar-refractivity contribution in [1.82, 2.24) is 0 Å². The molecule has 16 heavy (non-hydrogen) atoms. The first-order chi connectivity index (χ1) is 7.42. The van der Waals surface area contributed by atoms with Crippen molar-refractivity contribution >= 4 is 0 Å². The van der Waals surface area contributed by atoms with Crippen molar-refractivity contribution in [3.63, 3.8) is 0 Å². The van der Waals surface area contributed by atoms with Crippen LogP contribution in [0.25, 0.3) is 0 Å². The fourth-order valence-electron chi connectivity index (χ4n) is 1.12. The van der Waals surface area contributed by atoms with Crippen molar-refractivity contribution in [2.24, 2.45) is 0 Å². The monoisotopic (exact) mass is 228 g/mol. The molecule has 0 amide bonds. The van der Waals surface area contributed by atoms with Crippen LogP contribution in [0.1, 0.15) is 17.5 Å². The number of aryl methyl sites for hydroxylation is 1. The normalized spacial score (nSPS) is 10.9. The van der Waals surface area contributed by atoms with Crippen LogP contribution in [-0.2, 0) is 0 Å². The van der Waals surface area contributed by atoms with Gasteiger partial charge in [-0.1, -0.05) is 12.0 Å². The van der Waals surface area contributed by atoms with Gasteiger partial charge in [0.25, 0.3) is 0 Å². The lowest BCUT2D eigenvalue weighted by Crippen LogP contribution is -2.13. The van der Waals surface area contributed by atoms with Gasteiger partial charge in [0, 0.05) is 5.56 Å². The second kappa shape index (κ2) is 4.93. The molecule has 0 radical (unpaired) electrons. The number of rotatable bonds is 3. The first-order valence-electron chi connectivity index (χ1n) is 4.69. The van der Waals surface area contributed by atoms with Crippen LogP contribution in [0.15, 0.2) is 18.2 Å². The maximum atomic E-state index is 11.9. The summed E-state index contributed by atoms with van der Waals surface area (Å²) >= 11 is 0. The fraction of sp³-hybridized carbons (Fsp3) is 0.333. The first-order valence-corrected chi connectivity index (χ1v) is 4.69. The van der Waals surface area contributed by atoms with Crippen LogP contribution in [0.4, 0.5) is 13.2 Å². The molecule has 0 heterocycles. The van der Waals surface area contributed by atoms with Crippen LogP contribution in [0, 0.1) is 19.3 Å². The smallest absolute Gasteiger partial charge is 0.392 e. The summed E-state index contributed by atoms with van der Waals surface area (Å²) in [7, 11) is 0. The molecule has 0 aromatic heterocycles. The number of terminal acetylenes is 1. The van der Waals surface area contributed by atoms with Gasteiger partial charge >= 0.3 is 6.18 Å². The molecule has 0 bridgehead atoms. The highest BCUT2D eigenvalue weighted by Gasteiger charge is 2.26. The van der Waals surface area contributed by atoms with E-state index >= 15 is 0 Å². The second-order valence-corrected chi connectivity index (χ2v) is 3.34. The largest absolute Gasteiger partial charge is 0.493 e. The van der Waals surface area contributed by atoms with Crippen molar-refractivity contribution in [3.8, 4) is 18.1 Å². The summed E-state index contributed by atoms with van der Waals surface area (Å²) in [6, 6.07) is 5.00. The van der Waals surface area contributed by atoms with E-state index in [9.17, 15) is 13.2 Å². The van der Waals surface area contributed by atoms with Gasteiger partial charge in [0.2, 0.25) is 0 Å². The van der Waals surface area contributed by atoms with Crippen molar-refractivity contribution in [2.75, 3.05) is 6.61 Å². The molecule has 0 spiro atoms. The molecule has 0 unspecified atom stereocenters. The van der Waals surface area contributed by atoms with Crippen molar-refractivity contribution < 1.29 is 17.9 Å². The molecule has 0 atom stereocenters. The zero-order valence-electron chi connectivity index (χ0n) is 8.77. The Kier molecular flexibility index (Phi) is 3.83. The van der Waals surface area contributed by atoms with Crippen molar-refractivity contribution in [3.05, 3.63) is 29.3 Å². The van der Waals surface area contributed by atoms with Crippen molar-refractivity contribution in [1.29, 1.82) is 0 Å². The minimum atomic E-state index is -4.20. The van der Waals surface area contributed by atoms with E-state index in [0.717, 1.165) is 5.56 Å². The third-order valence-corrected chi connectivity index (χ3v) is 2.00. The van der Waals surface area contributed by atoms with Gasteiger partial charge < -0.3 is 4.74 Å². The Morgan fingerprint density at radius 1 is 1.38 bits per heavy atom. The van der Waals surface area contributed by atoms with Gasteiger partial charge in [0.1, 0.15) is 5.75 Å². The minimum Gasteiger partial charge on any atom is -0.493 e. The van der Waals surface area contributed by atoms with Gasteiger partial charge in [-0.25, -0.2) is 0 Å². The Balaban J connectivity index is 2.64. The molecule has 1 nitrogen and oxygen atoms in total. The molecule has 1 aromatic rings. The van der Waals surface area contributed by atoms with E-state index in [-0.39, 0.29) is 0 Å². The number of alkyl halides is 3. The summed E-state index contributed by atoms with van der Waals surface area (Å²) in [5, 5.41) is 0. The number of ether oxygens (including phenoxy) is 1. The minimum absolute atomic E-state index is 0.391. The Bertz CT molecular complexity index is 402. The average Bonchev–Trinajstić information content (AvgIpc) is 2.19. The first kappa shape index (κ1) is 12.4. The molecule has 0 aliphatic heterocycles. The molecule has 0 saturated heterocycles. The molecular formula is C12H11F3O. The third kappa shape index (κ3) is 3.85. The lowest BCUT2D eigenvalue weighted by Gasteiger charge is -2.10. The number of hydrogen-bond acceptors (Lipinski definition) is 1. The fourth-order valence-corrected chi connectivity index (χ4v) is 1.12. The maximum absolute atomic E-state index is 11.9. The van der Waals surface area contributed by atoms with Gasteiger partial charge in [-0.2, -0.15) is 13.2 Å². The Hall–Kier alpha value is -1.63. The third-order valence-electron chi connectivity index (χ3n) is 2.00. The quantitative estimate of drug-likeness (QED) is 0.721. The van der Waals surface area contributed by atoms with Crippen LogP contribution < -0.4 is 4.74 Å². The number of benzene rings is 1. The highest BCUT2D eigenvalue weighted by atomic mass is 19.4. The van der Waals surface area contributed by atoms with Crippen LogP contribution in [0.5, 0.6) is 5.75 Å². The molecule has 1 aromatic carbocycles. The molecular weight excluding hydrogens is 217 g/mol. The van der Waals surface area contributed by atoms with Gasteiger partial charge in [0.15, 0.2) is 0 Å². The predicted molar refractivity (Wildman–Crippen MR) is 55.3 cm³/mol. The van der Waals surface area contributed by atoms with Crippen LogP contribution >= 0.6 is 0 Å². The number of hydrogen-bond donors (Lipinski definition) is 0. The Morgan fingerprint density at radius 2 is 2.06 bits per heavy atom. The summed E-state index contributed by atoms with van der Waals surface area (Å²) in [6.45, 7) is 1.36. The Labute approximate surface area is 92.2 Å². The van der Waals surface area contributed by atoms with Gasteiger partial charge in [-0.3, -0.25) is 0 Å². The molecule has 0 fully saturated rings.